The third-order valence-corrected chi connectivity index (χ3v) is 2.21. The van der Waals surface area contributed by atoms with Crippen LogP contribution in [0.2, 0.25) is 0 Å². The smallest absolute Gasteiger partial charge is 0.163 e. The summed E-state index contributed by atoms with van der Waals surface area (Å²) in [5.74, 6) is -1.94. The molecule has 0 radical (unpaired) electrons. The molecule has 0 unspecified atom stereocenters. The highest BCUT2D eigenvalue weighted by Gasteiger charge is 2.14. The Morgan fingerprint density at radius 3 is 2.28 bits per heavy atom. The van der Waals surface area contributed by atoms with E-state index in [0.29, 0.717) is 5.69 Å². The average molecular weight is 249 g/mol. The molecule has 2 aromatic rings. The summed E-state index contributed by atoms with van der Waals surface area (Å²) >= 11 is 0. The maximum atomic E-state index is 13.5. The highest BCUT2D eigenvalue weighted by atomic mass is 19.1. The van der Waals surface area contributed by atoms with E-state index in [-0.39, 0.29) is 5.84 Å². The molecule has 92 valence electrons. The molecule has 0 atom stereocenters. The minimum absolute atomic E-state index is 0.309. The van der Waals surface area contributed by atoms with Crippen LogP contribution in [0.3, 0.4) is 0 Å². The molecule has 0 spiro atoms. The van der Waals surface area contributed by atoms with E-state index in [9.17, 15) is 8.78 Å². The predicted molar refractivity (Wildman–Crippen MR) is 61.7 cm³/mol. The van der Waals surface area contributed by atoms with Crippen molar-refractivity contribution in [1.29, 1.82) is 0 Å². The van der Waals surface area contributed by atoms with Crippen LogP contribution in [0, 0.1) is 11.6 Å². The number of pyridine rings is 1. The molecular weight excluding hydrogens is 240 g/mol. The molecule has 4 nitrogen and oxygen atoms in total. The largest absolute Gasteiger partial charge is 0.290 e. The molecule has 0 bridgehead atoms. The number of hydrogen-bond donors (Lipinski definition) is 2. The molecule has 0 saturated carbocycles. The molecule has 0 amide bonds. The number of benzene rings is 1. The molecular formula is C12H9F2N3O. The number of rotatable bonds is 2. The molecule has 2 rings (SSSR count). The molecule has 0 aliphatic carbocycles. The van der Waals surface area contributed by atoms with Gasteiger partial charge < -0.3 is 0 Å². The van der Waals surface area contributed by atoms with Gasteiger partial charge in [0.25, 0.3) is 0 Å². The molecule has 18 heavy (non-hydrogen) atoms. The second-order valence-corrected chi connectivity index (χ2v) is 3.37. The first-order chi connectivity index (χ1) is 8.72. The van der Waals surface area contributed by atoms with E-state index in [4.69, 9.17) is 5.21 Å². The lowest BCUT2D eigenvalue weighted by molar-refractivity contribution is 0.234. The second kappa shape index (κ2) is 5.33. The first-order valence-corrected chi connectivity index (χ1v) is 5.05. The van der Waals surface area contributed by atoms with Crippen LogP contribution < -0.4 is 5.48 Å². The minimum Gasteiger partial charge on any atom is -0.290 e. The van der Waals surface area contributed by atoms with Crippen molar-refractivity contribution in [3.05, 3.63) is 59.9 Å². The third kappa shape index (κ3) is 2.49. The van der Waals surface area contributed by atoms with Gasteiger partial charge in [0.1, 0.15) is 11.6 Å². The van der Waals surface area contributed by atoms with E-state index in [1.807, 2.05) is 0 Å². The molecule has 1 heterocycles. The minimum atomic E-state index is -0.815. The Morgan fingerprint density at radius 2 is 1.72 bits per heavy atom. The SMILES string of the molecule is ONC(=Nc1ccncc1)c1c(F)cccc1F. The van der Waals surface area contributed by atoms with Gasteiger partial charge in [0, 0.05) is 12.4 Å². The summed E-state index contributed by atoms with van der Waals surface area (Å²) in [6, 6.07) is 6.47. The molecule has 0 fully saturated rings. The monoisotopic (exact) mass is 249 g/mol. The molecule has 6 heteroatoms. The predicted octanol–water partition coefficient (Wildman–Crippen LogP) is 2.42. The van der Waals surface area contributed by atoms with Crippen LogP contribution >= 0.6 is 0 Å². The van der Waals surface area contributed by atoms with E-state index in [1.54, 1.807) is 5.48 Å². The molecule has 1 aromatic heterocycles. The number of nitrogens with one attached hydrogen (secondary N) is 1. The molecule has 2 N–H and O–H groups in total. The van der Waals surface area contributed by atoms with Crippen LogP contribution in [0.5, 0.6) is 0 Å². The first-order valence-electron chi connectivity index (χ1n) is 5.05. The fourth-order valence-corrected chi connectivity index (χ4v) is 1.41. The highest BCUT2D eigenvalue weighted by Crippen LogP contribution is 2.16. The van der Waals surface area contributed by atoms with Gasteiger partial charge >= 0.3 is 0 Å². The van der Waals surface area contributed by atoms with Gasteiger partial charge in [0.2, 0.25) is 0 Å². The Balaban J connectivity index is 2.49. The van der Waals surface area contributed by atoms with Gasteiger partial charge in [-0.05, 0) is 24.3 Å². The second-order valence-electron chi connectivity index (χ2n) is 3.37. The number of aromatic nitrogens is 1. The number of hydrogen-bond acceptors (Lipinski definition) is 3. The normalized spacial score (nSPS) is 11.4. The van der Waals surface area contributed by atoms with Gasteiger partial charge in [0.15, 0.2) is 5.84 Å². The standard InChI is InChI=1S/C12H9F2N3O/c13-9-2-1-3-10(14)11(9)12(17-18)16-8-4-6-15-7-5-8/h1-7,18H,(H,15,16,17). The molecule has 1 aromatic carbocycles. The lowest BCUT2D eigenvalue weighted by Gasteiger charge is -2.07. The van der Waals surface area contributed by atoms with Gasteiger partial charge in [-0.3, -0.25) is 15.7 Å². The zero-order chi connectivity index (χ0) is 13.0. The van der Waals surface area contributed by atoms with Crippen LogP contribution in [0.1, 0.15) is 5.56 Å². The van der Waals surface area contributed by atoms with E-state index in [1.165, 1.54) is 30.6 Å². The summed E-state index contributed by atoms with van der Waals surface area (Å²) in [5.41, 5.74) is 1.69. The van der Waals surface area contributed by atoms with Gasteiger partial charge in [-0.25, -0.2) is 13.8 Å². The zero-order valence-corrected chi connectivity index (χ0v) is 9.14. The number of aliphatic imine (C=N–C) groups is 1. The van der Waals surface area contributed by atoms with Gasteiger partial charge in [-0.15, -0.1) is 0 Å². The van der Waals surface area contributed by atoms with E-state index in [0.717, 1.165) is 12.1 Å². The summed E-state index contributed by atoms with van der Waals surface area (Å²) in [7, 11) is 0. The van der Waals surface area contributed by atoms with Gasteiger partial charge in [-0.2, -0.15) is 0 Å². The van der Waals surface area contributed by atoms with Crippen molar-refractivity contribution in [3.63, 3.8) is 0 Å². The number of nitrogens with zero attached hydrogens (tertiary/aromatic N) is 2. The summed E-state index contributed by atoms with van der Waals surface area (Å²) in [5, 5.41) is 8.96. The maximum Gasteiger partial charge on any atom is 0.163 e. The van der Waals surface area contributed by atoms with Gasteiger partial charge in [0.05, 0.1) is 11.3 Å². The van der Waals surface area contributed by atoms with Crippen LogP contribution in [-0.2, 0) is 0 Å². The zero-order valence-electron chi connectivity index (χ0n) is 9.14. The fourth-order valence-electron chi connectivity index (χ4n) is 1.41. The van der Waals surface area contributed by atoms with Crippen molar-refractivity contribution in [1.82, 2.24) is 10.5 Å². The van der Waals surface area contributed by atoms with Crippen LogP contribution in [0.4, 0.5) is 14.5 Å². The van der Waals surface area contributed by atoms with Crippen LogP contribution in [-0.4, -0.2) is 16.0 Å². The van der Waals surface area contributed by atoms with Crippen molar-refractivity contribution >= 4 is 11.5 Å². The third-order valence-electron chi connectivity index (χ3n) is 2.21. The highest BCUT2D eigenvalue weighted by molar-refractivity contribution is 5.99. The van der Waals surface area contributed by atoms with Crippen molar-refractivity contribution in [3.8, 4) is 0 Å². The number of halogens is 2. The summed E-state index contributed by atoms with van der Waals surface area (Å²) < 4.78 is 27.0. The van der Waals surface area contributed by atoms with Gasteiger partial charge in [-0.1, -0.05) is 6.07 Å². The van der Waals surface area contributed by atoms with E-state index < -0.39 is 17.2 Å². The van der Waals surface area contributed by atoms with Crippen molar-refractivity contribution in [2.45, 2.75) is 0 Å². The Bertz CT molecular complexity index is 553. The van der Waals surface area contributed by atoms with E-state index >= 15 is 0 Å². The summed E-state index contributed by atoms with van der Waals surface area (Å²) in [6.07, 6.45) is 2.96. The number of hydroxylamine groups is 1. The Hall–Kier alpha value is -2.34. The van der Waals surface area contributed by atoms with Crippen molar-refractivity contribution < 1.29 is 14.0 Å². The van der Waals surface area contributed by atoms with E-state index in [2.05, 4.69) is 9.98 Å². The summed E-state index contributed by atoms with van der Waals surface area (Å²) in [4.78, 5) is 7.69. The maximum absolute atomic E-state index is 13.5. The molecule has 0 aliphatic rings. The lowest BCUT2D eigenvalue weighted by Crippen LogP contribution is -2.22. The fraction of sp³-hybridized carbons (Fsp3) is 0. The summed E-state index contributed by atoms with van der Waals surface area (Å²) in [6.45, 7) is 0. The molecule has 0 saturated heterocycles. The van der Waals surface area contributed by atoms with Crippen molar-refractivity contribution in [2.75, 3.05) is 0 Å². The topological polar surface area (TPSA) is 57.5 Å². The molecule has 0 aliphatic heterocycles. The van der Waals surface area contributed by atoms with Crippen LogP contribution in [0.15, 0.2) is 47.7 Å². The lowest BCUT2D eigenvalue weighted by atomic mass is 10.2. The average Bonchev–Trinajstić information content (AvgIpc) is 2.38. The van der Waals surface area contributed by atoms with Crippen LogP contribution in [0.25, 0.3) is 0 Å². The first kappa shape index (κ1) is 12.1. The van der Waals surface area contributed by atoms with Crippen molar-refractivity contribution in [2.24, 2.45) is 4.99 Å². The Morgan fingerprint density at radius 1 is 1.11 bits per heavy atom. The quantitative estimate of drug-likeness (QED) is 0.488. The number of amidine groups is 1. The Labute approximate surface area is 102 Å². The Kier molecular flexibility index (Phi) is 3.59.